The number of ketones is 1. The van der Waals surface area contributed by atoms with Gasteiger partial charge < -0.3 is 10.6 Å². The number of nitrogens with zero attached hydrogens (tertiary/aromatic N) is 1. The van der Waals surface area contributed by atoms with Crippen LogP contribution >= 0.6 is 0 Å². The molecule has 1 heterocycles. The van der Waals surface area contributed by atoms with Crippen LogP contribution in [-0.4, -0.2) is 16.7 Å². The molecule has 5 nitrogen and oxygen atoms in total. The lowest BCUT2D eigenvalue weighted by Gasteiger charge is -2.19. The second-order valence-electron chi connectivity index (χ2n) is 7.97. The normalized spacial score (nSPS) is 11.0. The second-order valence-corrected chi connectivity index (χ2v) is 7.97. The minimum absolute atomic E-state index is 0.00721. The van der Waals surface area contributed by atoms with Gasteiger partial charge in [-0.25, -0.2) is 4.98 Å². The summed E-state index contributed by atoms with van der Waals surface area (Å²) in [5, 5.41) is 6.05. The minimum Gasteiger partial charge on any atom is -0.340 e. The Morgan fingerprint density at radius 1 is 0.862 bits per heavy atom. The Balaban J connectivity index is 1.72. The molecule has 5 heteroatoms. The second kappa shape index (κ2) is 8.27. The molecule has 1 amide bonds. The van der Waals surface area contributed by atoms with Crippen LogP contribution in [0.4, 0.5) is 17.2 Å². The monoisotopic (exact) mass is 387 g/mol. The third-order valence-corrected chi connectivity index (χ3v) is 4.57. The molecule has 0 spiro atoms. The molecule has 3 rings (SSSR count). The predicted molar refractivity (Wildman–Crippen MR) is 117 cm³/mol. The van der Waals surface area contributed by atoms with Crippen molar-refractivity contribution < 1.29 is 9.59 Å². The van der Waals surface area contributed by atoms with Crippen LogP contribution in [-0.2, 0) is 5.41 Å². The molecule has 0 atom stereocenters. The van der Waals surface area contributed by atoms with Crippen molar-refractivity contribution in [3.8, 4) is 0 Å². The lowest BCUT2D eigenvalue weighted by Crippen LogP contribution is -2.14. The molecule has 0 saturated carbocycles. The highest BCUT2D eigenvalue weighted by Gasteiger charge is 2.14. The van der Waals surface area contributed by atoms with E-state index in [4.69, 9.17) is 0 Å². The number of amides is 1. The van der Waals surface area contributed by atoms with Gasteiger partial charge in [-0.3, -0.25) is 9.59 Å². The number of pyridine rings is 1. The summed E-state index contributed by atoms with van der Waals surface area (Å²) in [4.78, 5) is 28.4. The van der Waals surface area contributed by atoms with Crippen LogP contribution in [0.5, 0.6) is 0 Å². The highest BCUT2D eigenvalue weighted by molar-refractivity contribution is 6.04. The maximum atomic E-state index is 12.6. The summed E-state index contributed by atoms with van der Waals surface area (Å²) in [5.41, 5.74) is 3.85. The third kappa shape index (κ3) is 5.29. The fourth-order valence-electron chi connectivity index (χ4n) is 2.86. The van der Waals surface area contributed by atoms with E-state index >= 15 is 0 Å². The van der Waals surface area contributed by atoms with E-state index in [0.29, 0.717) is 16.9 Å². The maximum Gasteiger partial charge on any atom is 0.255 e. The van der Waals surface area contributed by atoms with E-state index in [1.54, 1.807) is 36.5 Å². The first kappa shape index (κ1) is 20.3. The Kier molecular flexibility index (Phi) is 5.78. The summed E-state index contributed by atoms with van der Waals surface area (Å²) in [6.07, 6.45) is 1.58. The highest BCUT2D eigenvalue weighted by Crippen LogP contribution is 2.24. The smallest absolute Gasteiger partial charge is 0.255 e. The largest absolute Gasteiger partial charge is 0.340 e. The van der Waals surface area contributed by atoms with Crippen molar-refractivity contribution in [2.24, 2.45) is 0 Å². The maximum absolute atomic E-state index is 12.6. The average molecular weight is 387 g/mol. The molecular formula is C24H25N3O2. The van der Waals surface area contributed by atoms with Gasteiger partial charge in [0, 0.05) is 28.7 Å². The molecule has 1 aromatic heterocycles. The van der Waals surface area contributed by atoms with Gasteiger partial charge in [-0.05, 0) is 54.3 Å². The molecule has 148 valence electrons. The van der Waals surface area contributed by atoms with E-state index in [2.05, 4.69) is 36.4 Å². The number of rotatable bonds is 5. The van der Waals surface area contributed by atoms with Crippen molar-refractivity contribution >= 4 is 28.9 Å². The van der Waals surface area contributed by atoms with Crippen molar-refractivity contribution in [2.75, 3.05) is 10.6 Å². The zero-order chi connectivity index (χ0) is 21.0. The van der Waals surface area contributed by atoms with Gasteiger partial charge in [0.15, 0.2) is 5.78 Å². The summed E-state index contributed by atoms with van der Waals surface area (Å²) in [5.74, 6) is 0.310. The van der Waals surface area contributed by atoms with Gasteiger partial charge in [-0.1, -0.05) is 45.0 Å². The molecule has 0 radical (unpaired) electrons. The van der Waals surface area contributed by atoms with E-state index < -0.39 is 0 Å². The quantitative estimate of drug-likeness (QED) is 0.561. The topological polar surface area (TPSA) is 71.1 Å². The van der Waals surface area contributed by atoms with E-state index in [1.807, 2.05) is 30.3 Å². The zero-order valence-corrected chi connectivity index (χ0v) is 17.1. The molecule has 0 aliphatic carbocycles. The molecule has 0 aliphatic heterocycles. The van der Waals surface area contributed by atoms with E-state index in [1.165, 1.54) is 12.5 Å². The van der Waals surface area contributed by atoms with E-state index in [-0.39, 0.29) is 17.1 Å². The number of nitrogens with one attached hydrogen (secondary N) is 2. The van der Waals surface area contributed by atoms with Gasteiger partial charge in [-0.15, -0.1) is 0 Å². The molecule has 0 unspecified atom stereocenters. The van der Waals surface area contributed by atoms with Gasteiger partial charge in [0.2, 0.25) is 0 Å². The van der Waals surface area contributed by atoms with Gasteiger partial charge in [-0.2, -0.15) is 0 Å². The van der Waals surface area contributed by atoms with Crippen LogP contribution in [0, 0.1) is 0 Å². The molecule has 2 aromatic carbocycles. The number of hydrogen-bond donors (Lipinski definition) is 2. The van der Waals surface area contributed by atoms with Crippen LogP contribution < -0.4 is 10.6 Å². The van der Waals surface area contributed by atoms with Crippen molar-refractivity contribution in [3.05, 3.63) is 83.6 Å². The molecule has 0 fully saturated rings. The van der Waals surface area contributed by atoms with Crippen LogP contribution in [0.1, 0.15) is 54.0 Å². The predicted octanol–water partition coefficient (Wildman–Crippen LogP) is 5.58. The van der Waals surface area contributed by atoms with Crippen LogP contribution in [0.3, 0.4) is 0 Å². The number of hydrogen-bond acceptors (Lipinski definition) is 4. The van der Waals surface area contributed by atoms with Gasteiger partial charge in [0.1, 0.15) is 5.82 Å². The number of benzene rings is 2. The van der Waals surface area contributed by atoms with Crippen LogP contribution in [0.25, 0.3) is 0 Å². The minimum atomic E-state index is -0.212. The fraction of sp³-hybridized carbons (Fsp3) is 0.208. The fourth-order valence-corrected chi connectivity index (χ4v) is 2.86. The first-order valence-electron chi connectivity index (χ1n) is 9.48. The summed E-state index contributed by atoms with van der Waals surface area (Å²) < 4.78 is 0. The first-order chi connectivity index (χ1) is 13.7. The van der Waals surface area contributed by atoms with Crippen molar-refractivity contribution in [1.29, 1.82) is 0 Å². The Morgan fingerprint density at radius 2 is 1.59 bits per heavy atom. The number of Topliss-reactive ketones (excluding diaryl/α,β-unsaturated/α-hetero) is 1. The number of carbonyl (C=O) groups excluding carboxylic acids is 2. The summed E-state index contributed by atoms with van der Waals surface area (Å²) in [6, 6.07) is 18.4. The molecule has 0 bridgehead atoms. The SMILES string of the molecule is CC(=O)c1cccc(Nc2cc(C(=O)Nc3ccc(C(C)(C)C)cc3)ccn2)c1. The number of anilines is 3. The standard InChI is InChI=1S/C24H25N3O2/c1-16(28)17-6-5-7-21(14-17)26-22-15-18(12-13-25-22)23(29)27-20-10-8-19(9-11-20)24(2,3)4/h5-15H,1-4H3,(H,25,26)(H,27,29). The molecular weight excluding hydrogens is 362 g/mol. The Morgan fingerprint density at radius 3 is 2.24 bits per heavy atom. The molecule has 3 aromatic rings. The first-order valence-corrected chi connectivity index (χ1v) is 9.48. The Bertz CT molecular complexity index is 1030. The summed E-state index contributed by atoms with van der Waals surface area (Å²) in [7, 11) is 0. The van der Waals surface area contributed by atoms with Gasteiger partial charge >= 0.3 is 0 Å². The van der Waals surface area contributed by atoms with Crippen LogP contribution in [0.2, 0.25) is 0 Å². The zero-order valence-electron chi connectivity index (χ0n) is 17.1. The Hall–Kier alpha value is -3.47. The summed E-state index contributed by atoms with van der Waals surface area (Å²) in [6.45, 7) is 7.98. The molecule has 0 saturated heterocycles. The molecule has 0 aliphatic rings. The summed E-state index contributed by atoms with van der Waals surface area (Å²) >= 11 is 0. The molecule has 29 heavy (non-hydrogen) atoms. The Labute approximate surface area is 171 Å². The number of carbonyl (C=O) groups is 2. The van der Waals surface area contributed by atoms with Crippen molar-refractivity contribution in [2.45, 2.75) is 33.1 Å². The van der Waals surface area contributed by atoms with Crippen molar-refractivity contribution in [3.63, 3.8) is 0 Å². The average Bonchev–Trinajstić information content (AvgIpc) is 2.68. The van der Waals surface area contributed by atoms with Crippen LogP contribution in [0.15, 0.2) is 66.9 Å². The van der Waals surface area contributed by atoms with Crippen molar-refractivity contribution in [1.82, 2.24) is 4.98 Å². The van der Waals surface area contributed by atoms with Gasteiger partial charge in [0.05, 0.1) is 0 Å². The highest BCUT2D eigenvalue weighted by atomic mass is 16.1. The number of aromatic nitrogens is 1. The van der Waals surface area contributed by atoms with E-state index in [9.17, 15) is 9.59 Å². The lowest BCUT2D eigenvalue weighted by molar-refractivity contribution is 0.101. The van der Waals surface area contributed by atoms with E-state index in [0.717, 1.165) is 11.4 Å². The molecule has 2 N–H and O–H groups in total. The lowest BCUT2D eigenvalue weighted by atomic mass is 9.87. The van der Waals surface area contributed by atoms with Gasteiger partial charge in [0.25, 0.3) is 5.91 Å². The third-order valence-electron chi connectivity index (χ3n) is 4.57.